The molecule has 0 unspecified atom stereocenters. The molecule has 0 amide bonds. The first-order valence-corrected chi connectivity index (χ1v) is 10.9. The van der Waals surface area contributed by atoms with Crippen molar-refractivity contribution in [2.45, 2.75) is 18.0 Å². The highest BCUT2D eigenvalue weighted by Gasteiger charge is 2.76. The number of rotatable bonds is 4. The van der Waals surface area contributed by atoms with Crippen LogP contribution in [-0.2, 0) is 14.9 Å². The van der Waals surface area contributed by atoms with Gasteiger partial charge in [0, 0.05) is 3.57 Å². The Morgan fingerprint density at radius 2 is 1.48 bits per heavy atom. The lowest BCUT2D eigenvalue weighted by molar-refractivity contribution is -0.356. The molecule has 0 spiro atoms. The van der Waals surface area contributed by atoms with Gasteiger partial charge in [0.25, 0.3) is 10.1 Å². The van der Waals surface area contributed by atoms with E-state index in [1.807, 2.05) is 0 Å². The number of benzene rings is 1. The van der Waals surface area contributed by atoms with Gasteiger partial charge < -0.3 is 9.84 Å². The zero-order valence-electron chi connectivity index (χ0n) is 12.1. The van der Waals surface area contributed by atoms with Gasteiger partial charge in [0.2, 0.25) is 0 Å². The minimum Gasteiger partial charge on any atom is -0.506 e. The number of hydrogen-bond acceptors (Lipinski definition) is 5. The minimum absolute atomic E-state index is 0.147. The normalized spacial score (nSPS) is 13.6. The Labute approximate surface area is 188 Å². The van der Waals surface area contributed by atoms with Gasteiger partial charge in [0.15, 0.2) is 0 Å². The van der Waals surface area contributed by atoms with E-state index in [0.29, 0.717) is 0 Å². The van der Waals surface area contributed by atoms with Gasteiger partial charge >= 0.3 is 23.9 Å². The second-order valence-corrected chi connectivity index (χ2v) is 9.67. The first-order valence-electron chi connectivity index (χ1n) is 6.02. The predicted molar refractivity (Wildman–Crippen MR) is 103 cm³/mol. The van der Waals surface area contributed by atoms with Gasteiger partial charge in [-0.3, -0.25) is 4.55 Å². The molecule has 0 radical (unpaired) electrons. The summed E-state index contributed by atoms with van der Waals surface area (Å²) in [5.74, 6) is -5.76. The first-order chi connectivity index (χ1) is 11.8. The number of esters is 1. The van der Waals surface area contributed by atoms with E-state index in [4.69, 9.17) is 4.55 Å². The van der Waals surface area contributed by atoms with Crippen molar-refractivity contribution >= 4 is 83.9 Å². The van der Waals surface area contributed by atoms with Gasteiger partial charge in [0.1, 0.15) is 11.5 Å². The molecule has 0 saturated heterocycles. The summed E-state index contributed by atoms with van der Waals surface area (Å²) in [6.45, 7) is 0. The van der Waals surface area contributed by atoms with Gasteiger partial charge in [-0.25, -0.2) is 4.79 Å². The summed E-state index contributed by atoms with van der Waals surface area (Å²) in [7, 11) is -5.88. The highest BCUT2D eigenvalue weighted by Crippen LogP contribution is 2.47. The van der Waals surface area contributed by atoms with Crippen molar-refractivity contribution in [3.63, 3.8) is 0 Å². The molecule has 27 heavy (non-hydrogen) atoms. The first kappa shape index (κ1) is 25.2. The van der Waals surface area contributed by atoms with Gasteiger partial charge in [0.05, 0.1) is 12.7 Å². The van der Waals surface area contributed by atoms with E-state index in [1.165, 1.54) is 45.2 Å². The molecule has 1 aromatic carbocycles. The summed E-state index contributed by atoms with van der Waals surface area (Å²) in [5.41, 5.74) is -6.35. The predicted octanol–water partition coefficient (Wildman–Crippen LogP) is 4.11. The highest BCUT2D eigenvalue weighted by atomic mass is 127. The third-order valence-corrected chi connectivity index (χ3v) is 6.41. The average Bonchev–Trinajstić information content (AvgIpc) is 2.40. The van der Waals surface area contributed by atoms with Crippen molar-refractivity contribution in [3.8, 4) is 5.75 Å². The van der Waals surface area contributed by atoms with Crippen LogP contribution in [0.1, 0.15) is 10.4 Å². The number of alkyl halides is 6. The fraction of sp³-hybridized carbons (Fsp3) is 0.364. The van der Waals surface area contributed by atoms with E-state index in [2.05, 4.69) is 4.74 Å². The fourth-order valence-electron chi connectivity index (χ4n) is 1.70. The van der Waals surface area contributed by atoms with E-state index in [9.17, 15) is 44.7 Å². The van der Waals surface area contributed by atoms with Gasteiger partial charge in [-0.15, -0.1) is 0 Å². The quantitative estimate of drug-likeness (QED) is 0.208. The van der Waals surface area contributed by atoms with Crippen LogP contribution in [0.2, 0.25) is 0 Å². The van der Waals surface area contributed by atoms with Crippen LogP contribution in [0.5, 0.6) is 5.75 Å². The molecule has 0 saturated carbocycles. The van der Waals surface area contributed by atoms with Crippen LogP contribution in [0, 0.1) is 10.7 Å². The van der Waals surface area contributed by atoms with Gasteiger partial charge in [-0.1, -0.05) is 0 Å². The maximum absolute atomic E-state index is 13.2. The van der Waals surface area contributed by atoms with Crippen LogP contribution in [0.4, 0.5) is 26.3 Å². The van der Waals surface area contributed by atoms with Crippen LogP contribution in [0.15, 0.2) is 6.07 Å². The molecule has 0 aliphatic rings. The molecular weight excluding hydrogens is 755 g/mol. The summed E-state index contributed by atoms with van der Waals surface area (Å²) in [5, 5.41) is 9.76. The number of phenols is 1. The standard InChI is InChI=1S/C11H5F6I3O6S/c12-10(13,14)9(11(15,16)17,2-27(23,24)25)26-8(22)5-3(18)1-4(19)7(21)6(5)20/h1,21H,2H2,(H,23,24,25). The smallest absolute Gasteiger partial charge is 0.438 e. The lowest BCUT2D eigenvalue weighted by atomic mass is 10.1. The zero-order valence-corrected chi connectivity index (χ0v) is 19.4. The summed E-state index contributed by atoms with van der Waals surface area (Å²) < 4.78 is 113. The summed E-state index contributed by atoms with van der Waals surface area (Å²) in [6.07, 6.45) is -12.9. The molecule has 1 aromatic rings. The number of halogens is 9. The number of ether oxygens (including phenoxy) is 1. The molecule has 0 atom stereocenters. The lowest BCUT2D eigenvalue weighted by Gasteiger charge is -2.35. The van der Waals surface area contributed by atoms with E-state index in [-0.39, 0.29) is 7.14 Å². The maximum Gasteiger partial charge on any atom is 0.438 e. The molecule has 0 aliphatic carbocycles. The number of carbonyl (C=O) groups excluding carboxylic acids is 1. The molecular formula is C11H5F6I3O6S. The molecule has 16 heteroatoms. The molecule has 0 aromatic heterocycles. The third kappa shape index (κ3) is 5.41. The SMILES string of the molecule is O=C(OC(CS(=O)(=O)O)(C(F)(F)F)C(F)(F)F)c1c(I)cc(I)c(O)c1I. The van der Waals surface area contributed by atoms with Crippen LogP contribution < -0.4 is 0 Å². The summed E-state index contributed by atoms with van der Waals surface area (Å²) in [6, 6.07) is 1.08. The highest BCUT2D eigenvalue weighted by molar-refractivity contribution is 14.1. The lowest BCUT2D eigenvalue weighted by Crippen LogP contribution is -2.63. The van der Waals surface area contributed by atoms with Crippen molar-refractivity contribution in [2.75, 3.05) is 5.75 Å². The topological polar surface area (TPSA) is 101 Å². The second kappa shape index (κ2) is 8.13. The Hall–Kier alpha value is 0.170. The van der Waals surface area contributed by atoms with Crippen LogP contribution in [0.3, 0.4) is 0 Å². The molecule has 2 N–H and O–H groups in total. The molecule has 0 heterocycles. The monoisotopic (exact) mass is 760 g/mol. The average molecular weight is 760 g/mol. The van der Waals surface area contributed by atoms with E-state index in [0.717, 1.165) is 6.07 Å². The Morgan fingerprint density at radius 3 is 1.85 bits per heavy atom. The Bertz CT molecular complexity index is 853. The zero-order chi connectivity index (χ0) is 21.6. The van der Waals surface area contributed by atoms with Crippen LogP contribution in [0.25, 0.3) is 0 Å². The Morgan fingerprint density at radius 1 is 1.04 bits per heavy atom. The number of hydrogen-bond donors (Lipinski definition) is 2. The van der Waals surface area contributed by atoms with E-state index < -0.39 is 54.7 Å². The van der Waals surface area contributed by atoms with E-state index in [1.54, 1.807) is 22.6 Å². The fourth-order valence-corrected chi connectivity index (χ4v) is 6.41. The summed E-state index contributed by atoms with van der Waals surface area (Å²) >= 11 is 4.32. The van der Waals surface area contributed by atoms with Gasteiger partial charge in [-0.05, 0) is 73.8 Å². The van der Waals surface area contributed by atoms with E-state index >= 15 is 0 Å². The number of aromatic hydroxyl groups is 1. The third-order valence-electron chi connectivity index (χ3n) is 2.92. The largest absolute Gasteiger partial charge is 0.506 e. The van der Waals surface area contributed by atoms with Crippen molar-refractivity contribution in [1.82, 2.24) is 0 Å². The van der Waals surface area contributed by atoms with Crippen LogP contribution >= 0.6 is 67.8 Å². The molecule has 0 fully saturated rings. The Balaban J connectivity index is 3.66. The molecule has 6 nitrogen and oxygen atoms in total. The van der Waals surface area contributed by atoms with Crippen molar-refractivity contribution < 1.29 is 54.0 Å². The van der Waals surface area contributed by atoms with Crippen LogP contribution in [-0.4, -0.2) is 47.8 Å². The molecule has 154 valence electrons. The molecule has 1 rings (SSSR count). The van der Waals surface area contributed by atoms with Crippen molar-refractivity contribution in [2.24, 2.45) is 0 Å². The minimum atomic E-state index is -6.43. The number of carbonyl (C=O) groups is 1. The van der Waals surface area contributed by atoms with Gasteiger partial charge in [-0.2, -0.15) is 34.8 Å². The van der Waals surface area contributed by atoms with Crippen molar-refractivity contribution in [3.05, 3.63) is 22.3 Å². The molecule has 0 bridgehead atoms. The second-order valence-electron chi connectivity index (χ2n) is 4.82. The molecule has 0 aliphatic heterocycles. The maximum atomic E-state index is 13.2. The Kier molecular flexibility index (Phi) is 7.59. The number of phenolic OH excluding ortho intramolecular Hbond substituents is 1. The van der Waals surface area contributed by atoms with Crippen molar-refractivity contribution in [1.29, 1.82) is 0 Å². The summed E-state index contributed by atoms with van der Waals surface area (Å²) in [4.78, 5) is 12.1.